The van der Waals surface area contributed by atoms with Crippen molar-refractivity contribution in [1.82, 2.24) is 15.5 Å². The average molecular weight is 600 g/mol. The molecule has 0 aliphatic carbocycles. The van der Waals surface area contributed by atoms with Gasteiger partial charge in [0.15, 0.2) is 5.79 Å². The second-order valence-corrected chi connectivity index (χ2v) is 12.0. The number of carbonyl (C=O) groups excluding carboxylic acids is 3. The van der Waals surface area contributed by atoms with Gasteiger partial charge in [0.05, 0.1) is 32.3 Å². The Hall–Kier alpha value is -4.32. The summed E-state index contributed by atoms with van der Waals surface area (Å²) in [5.74, 6) is -2.22. The number of benzene rings is 3. The molecule has 2 aliphatic heterocycles. The van der Waals surface area contributed by atoms with E-state index in [0.717, 1.165) is 26.6 Å². The predicted molar refractivity (Wildman–Crippen MR) is 165 cm³/mol. The van der Waals surface area contributed by atoms with Crippen LogP contribution < -0.4 is 16.4 Å². The lowest BCUT2D eigenvalue weighted by Gasteiger charge is -2.25. The molecule has 4 aromatic rings. The number of amides is 3. The van der Waals surface area contributed by atoms with Gasteiger partial charge in [-0.15, -0.1) is 11.3 Å². The molecular formula is C32H33N5O5S. The zero-order chi connectivity index (χ0) is 30.3. The summed E-state index contributed by atoms with van der Waals surface area (Å²) in [6, 6.07) is 16.3. The third-order valence-corrected chi connectivity index (χ3v) is 9.35. The molecule has 1 spiro atoms. The van der Waals surface area contributed by atoms with Crippen LogP contribution in [0, 0.1) is 12.3 Å². The summed E-state index contributed by atoms with van der Waals surface area (Å²) in [7, 11) is 0. The van der Waals surface area contributed by atoms with E-state index in [4.69, 9.17) is 20.6 Å². The van der Waals surface area contributed by atoms with Crippen molar-refractivity contribution in [1.29, 1.82) is 5.41 Å². The Morgan fingerprint density at radius 1 is 1.07 bits per heavy atom. The number of hydrogen-bond donors (Lipinski definition) is 4. The summed E-state index contributed by atoms with van der Waals surface area (Å²) in [5, 5.41) is 19.4. The number of rotatable bonds is 7. The molecule has 3 amide bonds. The molecule has 1 unspecified atom stereocenters. The minimum atomic E-state index is -1.05. The fourth-order valence-corrected chi connectivity index (χ4v) is 6.86. The van der Waals surface area contributed by atoms with Gasteiger partial charge in [-0.3, -0.25) is 19.8 Å². The van der Waals surface area contributed by atoms with Gasteiger partial charge in [-0.25, -0.2) is 0 Å². The number of nitrogens with one attached hydrogen (secondary N) is 3. The topological polar surface area (TPSA) is 147 Å². The Morgan fingerprint density at radius 2 is 1.81 bits per heavy atom. The van der Waals surface area contributed by atoms with Gasteiger partial charge in [0.2, 0.25) is 11.8 Å². The van der Waals surface area contributed by atoms with Crippen molar-refractivity contribution in [3.8, 4) is 0 Å². The predicted octanol–water partition coefficient (Wildman–Crippen LogP) is 3.60. The summed E-state index contributed by atoms with van der Waals surface area (Å²) < 4.78 is 11.7. The van der Waals surface area contributed by atoms with Crippen LogP contribution in [-0.2, 0) is 19.1 Å². The van der Waals surface area contributed by atoms with E-state index < -0.39 is 17.7 Å². The number of fused-ring (bicyclic) bond motifs is 2. The van der Waals surface area contributed by atoms with Crippen LogP contribution in [-0.4, -0.2) is 66.6 Å². The zero-order valence-corrected chi connectivity index (χ0v) is 24.8. The number of aryl methyl sites for hydroxylation is 1. The maximum atomic E-state index is 13.5. The highest BCUT2D eigenvalue weighted by molar-refractivity contribution is 7.10. The van der Waals surface area contributed by atoms with Crippen LogP contribution in [0.15, 0.2) is 60.0 Å². The molecule has 3 aromatic carbocycles. The molecular weight excluding hydrogens is 566 g/mol. The van der Waals surface area contributed by atoms with E-state index in [-0.39, 0.29) is 43.2 Å². The van der Waals surface area contributed by atoms with Crippen LogP contribution in [0.5, 0.6) is 0 Å². The molecule has 6 rings (SSSR count). The van der Waals surface area contributed by atoms with Crippen LogP contribution in [0.2, 0.25) is 0 Å². The molecule has 10 nitrogen and oxygen atoms in total. The van der Waals surface area contributed by atoms with E-state index in [1.54, 1.807) is 17.5 Å². The molecule has 3 heterocycles. The Labute approximate surface area is 252 Å². The first-order chi connectivity index (χ1) is 20.6. The molecule has 43 heavy (non-hydrogen) atoms. The Kier molecular flexibility index (Phi) is 7.63. The van der Waals surface area contributed by atoms with E-state index in [1.165, 1.54) is 21.6 Å². The standard InChI is InChI=1S/C32H33N5O5S/c1-18-24-6-4-3-5-20(24)11-22-12-21(7-8-25(18)22)30(39)35-15-28(38)37-17-32(41-9-10-42-32)14-26(37)31(40)36-19(2)27-13-23(16-43-27)29(33)34/h3-8,11-13,16,19,26H,9-10,14-15,17H2,1-2H3,(H3,33,34)(H,35,39)(H,36,40)/t19?,26-/m0/s1. The lowest BCUT2D eigenvalue weighted by molar-refractivity contribution is -0.152. The highest BCUT2D eigenvalue weighted by Crippen LogP contribution is 2.35. The van der Waals surface area contributed by atoms with Crippen molar-refractivity contribution < 1.29 is 23.9 Å². The fourth-order valence-electron chi connectivity index (χ4n) is 5.94. The first kappa shape index (κ1) is 28.8. The molecule has 2 atom stereocenters. The zero-order valence-electron chi connectivity index (χ0n) is 23.9. The monoisotopic (exact) mass is 599 g/mol. The Bertz CT molecular complexity index is 1760. The summed E-state index contributed by atoms with van der Waals surface area (Å²) in [4.78, 5) is 42.3. The molecule has 2 saturated heterocycles. The second kappa shape index (κ2) is 11.4. The van der Waals surface area contributed by atoms with E-state index in [9.17, 15) is 14.4 Å². The number of hydrogen-bond acceptors (Lipinski definition) is 7. The minimum Gasteiger partial charge on any atom is -0.384 e. The number of likely N-dealkylation sites (tertiary alicyclic amines) is 1. The van der Waals surface area contributed by atoms with Crippen molar-refractivity contribution in [2.75, 3.05) is 26.3 Å². The summed E-state index contributed by atoms with van der Waals surface area (Å²) in [6.07, 6.45) is 0.187. The number of thiophene rings is 1. The first-order valence-corrected chi connectivity index (χ1v) is 15.0. The highest BCUT2D eigenvalue weighted by atomic mass is 32.1. The number of ether oxygens (including phenoxy) is 2. The fraction of sp³-hybridized carbons (Fsp3) is 0.312. The number of nitrogen functional groups attached to an aromatic ring is 1. The molecule has 5 N–H and O–H groups in total. The Morgan fingerprint density at radius 3 is 2.56 bits per heavy atom. The van der Waals surface area contributed by atoms with Crippen molar-refractivity contribution in [2.24, 2.45) is 5.73 Å². The first-order valence-electron chi connectivity index (χ1n) is 14.1. The second-order valence-electron chi connectivity index (χ2n) is 11.1. The van der Waals surface area contributed by atoms with Gasteiger partial charge < -0.3 is 30.7 Å². The molecule has 2 aliphatic rings. The van der Waals surface area contributed by atoms with Gasteiger partial charge in [0.25, 0.3) is 5.91 Å². The molecule has 0 radical (unpaired) electrons. The van der Waals surface area contributed by atoms with Crippen LogP contribution in [0.1, 0.15) is 45.7 Å². The molecule has 222 valence electrons. The molecule has 11 heteroatoms. The van der Waals surface area contributed by atoms with Crippen molar-refractivity contribution in [3.05, 3.63) is 81.5 Å². The molecule has 0 saturated carbocycles. The normalized spacial score (nSPS) is 18.3. The maximum absolute atomic E-state index is 13.5. The van der Waals surface area contributed by atoms with Gasteiger partial charge in [-0.05, 0) is 65.2 Å². The third-order valence-electron chi connectivity index (χ3n) is 8.24. The SMILES string of the molecule is Cc1c2ccccc2cc2cc(C(=O)NCC(=O)N3CC4(C[C@H]3C(=O)NC(C)c3cc(C(=N)N)cs3)OCCO4)ccc12. The lowest BCUT2D eigenvalue weighted by atomic mass is 9.96. The summed E-state index contributed by atoms with van der Waals surface area (Å²) in [6.45, 7) is 4.47. The van der Waals surface area contributed by atoms with E-state index in [2.05, 4.69) is 29.7 Å². The van der Waals surface area contributed by atoms with Gasteiger partial charge in [-0.2, -0.15) is 0 Å². The molecule has 0 bridgehead atoms. The number of nitrogens with zero attached hydrogens (tertiary/aromatic N) is 1. The smallest absolute Gasteiger partial charge is 0.251 e. The average Bonchev–Trinajstić information content (AvgIpc) is 3.76. The molecule has 1 aromatic heterocycles. The van der Waals surface area contributed by atoms with E-state index in [1.807, 2.05) is 37.3 Å². The lowest BCUT2D eigenvalue weighted by Crippen LogP contribution is -2.49. The third kappa shape index (κ3) is 5.58. The van der Waals surface area contributed by atoms with Gasteiger partial charge >= 0.3 is 0 Å². The van der Waals surface area contributed by atoms with Crippen molar-refractivity contribution >= 4 is 56.4 Å². The largest absolute Gasteiger partial charge is 0.384 e. The number of nitrogens with two attached hydrogens (primary N) is 1. The Balaban J connectivity index is 1.15. The minimum absolute atomic E-state index is 0.0413. The number of carbonyl (C=O) groups is 3. The van der Waals surface area contributed by atoms with Crippen LogP contribution in [0.3, 0.4) is 0 Å². The van der Waals surface area contributed by atoms with Gasteiger partial charge in [0, 0.05) is 27.8 Å². The summed E-state index contributed by atoms with van der Waals surface area (Å²) >= 11 is 1.39. The summed E-state index contributed by atoms with van der Waals surface area (Å²) in [5.41, 5.74) is 7.77. The maximum Gasteiger partial charge on any atom is 0.251 e. The van der Waals surface area contributed by atoms with Gasteiger partial charge in [0.1, 0.15) is 11.9 Å². The van der Waals surface area contributed by atoms with Crippen molar-refractivity contribution in [3.63, 3.8) is 0 Å². The highest BCUT2D eigenvalue weighted by Gasteiger charge is 2.52. The van der Waals surface area contributed by atoms with E-state index in [0.29, 0.717) is 24.3 Å². The van der Waals surface area contributed by atoms with Crippen LogP contribution >= 0.6 is 11.3 Å². The van der Waals surface area contributed by atoms with Crippen LogP contribution in [0.4, 0.5) is 0 Å². The van der Waals surface area contributed by atoms with Crippen molar-refractivity contribution in [2.45, 2.75) is 38.1 Å². The molecule has 2 fully saturated rings. The van der Waals surface area contributed by atoms with Crippen LogP contribution in [0.25, 0.3) is 21.5 Å². The van der Waals surface area contributed by atoms with E-state index >= 15 is 0 Å². The number of amidine groups is 1. The van der Waals surface area contributed by atoms with Gasteiger partial charge in [-0.1, -0.05) is 30.3 Å². The quantitative estimate of drug-likeness (QED) is 0.145.